The summed E-state index contributed by atoms with van der Waals surface area (Å²) in [5.41, 5.74) is 6.66. The molecule has 0 radical (unpaired) electrons. The summed E-state index contributed by atoms with van der Waals surface area (Å²) in [6.45, 7) is 3.04. The van der Waals surface area contributed by atoms with Crippen LogP contribution in [-0.2, 0) is 0 Å². The maximum absolute atomic E-state index is 13.0. The number of nitrogens with zero attached hydrogens (tertiary/aromatic N) is 3. The molecule has 3 heterocycles. The first-order valence-electron chi connectivity index (χ1n) is 13.2. The van der Waals surface area contributed by atoms with E-state index in [0.29, 0.717) is 16.1 Å². The van der Waals surface area contributed by atoms with E-state index < -0.39 is 0 Å². The monoisotopic (exact) mass is 520 g/mol. The zero-order chi connectivity index (χ0) is 26.2. The van der Waals surface area contributed by atoms with E-state index in [1.165, 1.54) is 48.2 Å². The first-order chi connectivity index (χ1) is 18.7. The van der Waals surface area contributed by atoms with Crippen LogP contribution in [0.25, 0.3) is 23.0 Å². The Bertz CT molecular complexity index is 1520. The number of fused-ring (bicyclic) bond motifs is 1. The van der Waals surface area contributed by atoms with Crippen molar-refractivity contribution in [3.05, 3.63) is 112 Å². The molecule has 5 rings (SSSR count). The molecule has 0 fully saturated rings. The fourth-order valence-corrected chi connectivity index (χ4v) is 5.27. The van der Waals surface area contributed by atoms with Gasteiger partial charge >= 0.3 is 0 Å². The van der Waals surface area contributed by atoms with Crippen LogP contribution in [0.1, 0.15) is 59.8 Å². The average Bonchev–Trinajstić information content (AvgIpc) is 3.65. The van der Waals surface area contributed by atoms with Crippen LogP contribution in [0.2, 0.25) is 0 Å². The van der Waals surface area contributed by atoms with Crippen molar-refractivity contribution in [1.29, 1.82) is 0 Å². The number of carbonyl (C=O) groups is 1. The molecule has 1 N–H and O–H groups in total. The second kappa shape index (κ2) is 12.5. The van der Waals surface area contributed by atoms with Crippen LogP contribution in [0, 0.1) is 0 Å². The maximum Gasteiger partial charge on any atom is 0.208 e. The van der Waals surface area contributed by atoms with Gasteiger partial charge in [0.05, 0.1) is 22.3 Å². The lowest BCUT2D eigenvalue weighted by atomic mass is 10.0. The number of carbonyl (C=O) groups excluding carboxylic acids is 1. The number of ketones is 1. The van der Waals surface area contributed by atoms with Crippen LogP contribution < -0.4 is 5.32 Å². The molecule has 0 aliphatic carbocycles. The standard InChI is InChI=1S/C32H32N4OS/c1-2-3-4-6-13-25(20-24-11-7-5-8-12-24)22-34-27-15-9-14-26(21-27)29-17-18-33-32-28(23-35-36(29)32)31(37)30-16-10-19-38-30/h5,7-12,14-21,23,34H,2-4,6,13,22H2,1H3. The molecule has 0 spiro atoms. The number of unbranched alkanes of at least 4 members (excludes halogenated alkanes) is 3. The molecule has 192 valence electrons. The lowest BCUT2D eigenvalue weighted by Gasteiger charge is -2.13. The first-order valence-corrected chi connectivity index (χ1v) is 14.1. The van der Waals surface area contributed by atoms with Gasteiger partial charge in [-0.05, 0) is 48.1 Å². The Morgan fingerprint density at radius 1 is 1.00 bits per heavy atom. The number of benzene rings is 2. The zero-order valence-corrected chi connectivity index (χ0v) is 22.5. The van der Waals surface area contributed by atoms with Crippen LogP contribution in [-0.4, -0.2) is 26.9 Å². The number of anilines is 1. The van der Waals surface area contributed by atoms with Crippen molar-refractivity contribution in [1.82, 2.24) is 14.6 Å². The molecule has 0 amide bonds. The van der Waals surface area contributed by atoms with Crippen molar-refractivity contribution in [3.8, 4) is 11.3 Å². The van der Waals surface area contributed by atoms with Gasteiger partial charge in [-0.3, -0.25) is 4.79 Å². The SMILES string of the molecule is CCCCCCC(=Cc1ccccc1)CNc1cccc(-c2ccnc3c(C(=O)c4cccs4)cnn23)c1. The number of thiophene rings is 1. The normalized spacial score (nSPS) is 11.7. The molecule has 0 saturated heterocycles. The topological polar surface area (TPSA) is 59.3 Å². The Morgan fingerprint density at radius 2 is 1.89 bits per heavy atom. The molecule has 0 saturated carbocycles. The zero-order valence-electron chi connectivity index (χ0n) is 21.6. The minimum atomic E-state index is -0.0493. The van der Waals surface area contributed by atoms with Gasteiger partial charge in [0.25, 0.3) is 0 Å². The molecule has 6 heteroatoms. The highest BCUT2D eigenvalue weighted by molar-refractivity contribution is 7.12. The Balaban J connectivity index is 1.36. The number of nitrogens with one attached hydrogen (secondary N) is 1. The molecule has 0 aliphatic rings. The predicted molar refractivity (Wildman–Crippen MR) is 158 cm³/mol. The van der Waals surface area contributed by atoms with Crippen LogP contribution in [0.4, 0.5) is 5.69 Å². The molecule has 3 aromatic heterocycles. The van der Waals surface area contributed by atoms with E-state index in [1.807, 2.05) is 29.6 Å². The summed E-state index contributed by atoms with van der Waals surface area (Å²) < 4.78 is 1.76. The van der Waals surface area contributed by atoms with Crippen LogP contribution in [0.5, 0.6) is 0 Å². The van der Waals surface area contributed by atoms with Gasteiger partial charge in [-0.2, -0.15) is 5.10 Å². The predicted octanol–water partition coefficient (Wildman–Crippen LogP) is 8.15. The molecule has 5 aromatic rings. The largest absolute Gasteiger partial charge is 0.381 e. The van der Waals surface area contributed by atoms with Crippen molar-refractivity contribution in [3.63, 3.8) is 0 Å². The molecule has 2 aromatic carbocycles. The minimum Gasteiger partial charge on any atom is -0.381 e. The summed E-state index contributed by atoms with van der Waals surface area (Å²) in [6.07, 6.45) is 11.7. The fourth-order valence-electron chi connectivity index (χ4n) is 4.59. The molecule has 5 nitrogen and oxygen atoms in total. The second-order valence-corrected chi connectivity index (χ2v) is 10.3. The highest BCUT2D eigenvalue weighted by atomic mass is 32.1. The Morgan fingerprint density at radius 3 is 2.71 bits per heavy atom. The van der Waals surface area contributed by atoms with Crippen LogP contribution in [0.15, 0.2) is 96.1 Å². The molecule has 0 atom stereocenters. The van der Waals surface area contributed by atoms with Gasteiger partial charge in [0.2, 0.25) is 5.78 Å². The fraction of sp³-hybridized carbons (Fsp3) is 0.219. The average molecular weight is 521 g/mol. The van der Waals surface area contributed by atoms with Crippen molar-refractivity contribution in [2.24, 2.45) is 0 Å². The molecule has 0 bridgehead atoms. The Kier molecular flexibility index (Phi) is 8.41. The number of hydrogen-bond acceptors (Lipinski definition) is 5. The third kappa shape index (κ3) is 6.09. The molecule has 38 heavy (non-hydrogen) atoms. The van der Waals surface area contributed by atoms with E-state index in [0.717, 1.165) is 29.9 Å². The van der Waals surface area contributed by atoms with E-state index in [4.69, 9.17) is 0 Å². The van der Waals surface area contributed by atoms with E-state index in [9.17, 15) is 4.79 Å². The van der Waals surface area contributed by atoms with Gasteiger partial charge in [-0.25, -0.2) is 9.50 Å². The quantitative estimate of drug-likeness (QED) is 0.133. The summed E-state index contributed by atoms with van der Waals surface area (Å²) >= 11 is 1.43. The Hall–Kier alpha value is -4.03. The van der Waals surface area contributed by atoms with E-state index in [2.05, 4.69) is 76.9 Å². The highest BCUT2D eigenvalue weighted by Crippen LogP contribution is 2.26. The molecular weight excluding hydrogens is 488 g/mol. The second-order valence-electron chi connectivity index (χ2n) is 9.39. The highest BCUT2D eigenvalue weighted by Gasteiger charge is 2.18. The van der Waals surface area contributed by atoms with Gasteiger partial charge in [0.15, 0.2) is 5.65 Å². The summed E-state index contributed by atoms with van der Waals surface area (Å²) in [7, 11) is 0. The summed E-state index contributed by atoms with van der Waals surface area (Å²) in [5.74, 6) is -0.0493. The minimum absolute atomic E-state index is 0.0493. The Labute approximate surface area is 227 Å². The van der Waals surface area contributed by atoms with Crippen LogP contribution >= 0.6 is 11.3 Å². The number of rotatable bonds is 12. The molecule has 0 aliphatic heterocycles. The van der Waals surface area contributed by atoms with Crippen molar-refractivity contribution >= 4 is 34.5 Å². The summed E-state index contributed by atoms with van der Waals surface area (Å²) in [4.78, 5) is 18.1. The molecular formula is C32H32N4OS. The lowest BCUT2D eigenvalue weighted by molar-refractivity contribution is 0.104. The third-order valence-corrected chi connectivity index (χ3v) is 7.46. The molecule has 0 unspecified atom stereocenters. The number of hydrogen-bond donors (Lipinski definition) is 1. The van der Waals surface area contributed by atoms with Crippen molar-refractivity contribution in [2.75, 3.05) is 11.9 Å². The van der Waals surface area contributed by atoms with E-state index in [1.54, 1.807) is 16.9 Å². The van der Waals surface area contributed by atoms with E-state index in [-0.39, 0.29) is 5.78 Å². The summed E-state index contributed by atoms with van der Waals surface area (Å²) in [5, 5.41) is 10.1. The lowest BCUT2D eigenvalue weighted by Crippen LogP contribution is -2.05. The maximum atomic E-state index is 13.0. The van der Waals surface area contributed by atoms with Gasteiger partial charge in [-0.15, -0.1) is 11.3 Å². The van der Waals surface area contributed by atoms with Gasteiger partial charge in [0.1, 0.15) is 0 Å². The van der Waals surface area contributed by atoms with Gasteiger partial charge < -0.3 is 5.32 Å². The first kappa shape index (κ1) is 25.6. The van der Waals surface area contributed by atoms with Gasteiger partial charge in [-0.1, -0.05) is 86.4 Å². The van der Waals surface area contributed by atoms with E-state index >= 15 is 0 Å². The van der Waals surface area contributed by atoms with Crippen molar-refractivity contribution in [2.45, 2.75) is 39.0 Å². The summed E-state index contributed by atoms with van der Waals surface area (Å²) in [6, 6.07) is 24.5. The van der Waals surface area contributed by atoms with Gasteiger partial charge in [0, 0.05) is 24.0 Å². The van der Waals surface area contributed by atoms with Crippen molar-refractivity contribution < 1.29 is 4.79 Å². The third-order valence-electron chi connectivity index (χ3n) is 6.59. The van der Waals surface area contributed by atoms with Crippen LogP contribution in [0.3, 0.4) is 0 Å². The number of aromatic nitrogens is 3. The smallest absolute Gasteiger partial charge is 0.208 e.